The van der Waals surface area contributed by atoms with E-state index in [-0.39, 0.29) is 30.3 Å². The molecule has 0 aliphatic heterocycles. The summed E-state index contributed by atoms with van der Waals surface area (Å²) in [5, 5.41) is 2.84. The van der Waals surface area contributed by atoms with Gasteiger partial charge < -0.3 is 15.0 Å². The van der Waals surface area contributed by atoms with Crippen LogP contribution < -0.4 is 10.2 Å². The molecule has 6 heteroatoms. The Hall–Kier alpha value is -3.15. The number of hydrogen-bond acceptors (Lipinski definition) is 4. The number of carbonyl (C=O) groups is 3. The second-order valence-electron chi connectivity index (χ2n) is 5.79. The zero-order valence-electron chi connectivity index (χ0n) is 15.1. The van der Waals surface area contributed by atoms with Crippen molar-refractivity contribution in [2.45, 2.75) is 20.3 Å². The van der Waals surface area contributed by atoms with Crippen LogP contribution in [0.5, 0.6) is 0 Å². The normalized spacial score (nSPS) is 10.1. The Bertz CT molecular complexity index is 817. The van der Waals surface area contributed by atoms with Gasteiger partial charge >= 0.3 is 5.97 Å². The van der Waals surface area contributed by atoms with Crippen molar-refractivity contribution < 1.29 is 19.1 Å². The van der Waals surface area contributed by atoms with Crippen LogP contribution in [0.25, 0.3) is 0 Å². The fourth-order valence-electron chi connectivity index (χ4n) is 2.58. The van der Waals surface area contributed by atoms with Crippen molar-refractivity contribution in [1.82, 2.24) is 0 Å². The number of nitrogens with one attached hydrogen (secondary N) is 1. The molecule has 6 nitrogen and oxygen atoms in total. The first kappa shape index (κ1) is 19.2. The maximum absolute atomic E-state index is 12.3. The molecule has 0 saturated heterocycles. The number of ether oxygens (including phenoxy) is 1. The molecule has 1 N–H and O–H groups in total. The average molecular weight is 354 g/mol. The fraction of sp³-hybridized carbons (Fsp3) is 0.250. The molecule has 0 spiro atoms. The van der Waals surface area contributed by atoms with Gasteiger partial charge in [0, 0.05) is 25.6 Å². The third-order valence-corrected chi connectivity index (χ3v) is 3.96. The Labute approximate surface area is 152 Å². The Kier molecular flexibility index (Phi) is 6.49. The summed E-state index contributed by atoms with van der Waals surface area (Å²) in [4.78, 5) is 37.7. The molecule has 2 amide bonds. The van der Waals surface area contributed by atoms with Crippen LogP contribution in [0, 0.1) is 6.92 Å². The molecule has 0 fully saturated rings. The van der Waals surface area contributed by atoms with Crippen LogP contribution in [0.3, 0.4) is 0 Å². The van der Waals surface area contributed by atoms with E-state index < -0.39 is 5.97 Å². The molecule has 0 bridgehead atoms. The summed E-state index contributed by atoms with van der Waals surface area (Å²) in [5.41, 5.74) is 2.40. The first-order chi connectivity index (χ1) is 12.4. The predicted molar refractivity (Wildman–Crippen MR) is 100 cm³/mol. The number of methoxy groups -OCH3 is 1. The SMILES string of the molecule is COC(=O)c1ccccc1N(CCC(=O)Nc1ccccc1C)C(C)=O. The van der Waals surface area contributed by atoms with Crippen molar-refractivity contribution in [2.75, 3.05) is 23.9 Å². The Morgan fingerprint density at radius 2 is 1.69 bits per heavy atom. The molecule has 0 aliphatic rings. The Morgan fingerprint density at radius 1 is 1.04 bits per heavy atom. The van der Waals surface area contributed by atoms with E-state index in [0.29, 0.717) is 5.69 Å². The number of carbonyl (C=O) groups excluding carboxylic acids is 3. The van der Waals surface area contributed by atoms with Crippen molar-refractivity contribution in [2.24, 2.45) is 0 Å². The summed E-state index contributed by atoms with van der Waals surface area (Å²) in [6, 6.07) is 14.1. The average Bonchev–Trinajstić information content (AvgIpc) is 2.63. The van der Waals surface area contributed by atoms with Crippen LogP contribution in [0.4, 0.5) is 11.4 Å². The number of aryl methyl sites for hydroxylation is 1. The van der Waals surface area contributed by atoms with Gasteiger partial charge in [-0.05, 0) is 30.7 Å². The van der Waals surface area contributed by atoms with E-state index >= 15 is 0 Å². The lowest BCUT2D eigenvalue weighted by molar-refractivity contribution is -0.117. The molecule has 2 rings (SSSR count). The summed E-state index contributed by atoms with van der Waals surface area (Å²) in [6.07, 6.45) is 0.101. The fourth-order valence-corrected chi connectivity index (χ4v) is 2.58. The second-order valence-corrected chi connectivity index (χ2v) is 5.79. The minimum Gasteiger partial charge on any atom is -0.465 e. The second kappa shape index (κ2) is 8.80. The van der Waals surface area contributed by atoms with Crippen LogP contribution >= 0.6 is 0 Å². The lowest BCUT2D eigenvalue weighted by Gasteiger charge is -2.23. The van der Waals surface area contributed by atoms with Crippen molar-refractivity contribution in [1.29, 1.82) is 0 Å². The van der Waals surface area contributed by atoms with Gasteiger partial charge in [0.25, 0.3) is 0 Å². The van der Waals surface area contributed by atoms with Crippen molar-refractivity contribution in [3.8, 4) is 0 Å². The monoisotopic (exact) mass is 354 g/mol. The quantitative estimate of drug-likeness (QED) is 0.809. The van der Waals surface area contributed by atoms with Gasteiger partial charge in [0.2, 0.25) is 11.8 Å². The number of benzene rings is 2. The molecule has 26 heavy (non-hydrogen) atoms. The number of anilines is 2. The van der Waals surface area contributed by atoms with Crippen LogP contribution in [-0.2, 0) is 14.3 Å². The van der Waals surface area contributed by atoms with Crippen LogP contribution in [-0.4, -0.2) is 31.4 Å². The minimum atomic E-state index is -0.531. The highest BCUT2D eigenvalue weighted by Crippen LogP contribution is 2.22. The highest BCUT2D eigenvalue weighted by Gasteiger charge is 2.20. The summed E-state index contributed by atoms with van der Waals surface area (Å²) in [5.74, 6) is -0.998. The third-order valence-electron chi connectivity index (χ3n) is 3.96. The predicted octanol–water partition coefficient (Wildman–Crippen LogP) is 3.16. The van der Waals surface area contributed by atoms with Gasteiger partial charge in [-0.2, -0.15) is 0 Å². The zero-order chi connectivity index (χ0) is 19.1. The largest absolute Gasteiger partial charge is 0.465 e. The Balaban J connectivity index is 2.12. The van der Waals surface area contributed by atoms with E-state index in [9.17, 15) is 14.4 Å². The van der Waals surface area contributed by atoms with E-state index in [0.717, 1.165) is 11.3 Å². The molecule has 0 aromatic heterocycles. The molecular formula is C20H22N2O4. The van der Waals surface area contributed by atoms with Crippen LogP contribution in [0.1, 0.15) is 29.3 Å². The molecule has 0 heterocycles. The molecule has 0 aliphatic carbocycles. The highest BCUT2D eigenvalue weighted by atomic mass is 16.5. The number of esters is 1. The summed E-state index contributed by atoms with van der Waals surface area (Å²) in [6.45, 7) is 3.46. The highest BCUT2D eigenvalue weighted by molar-refractivity contribution is 6.02. The molecule has 0 saturated carbocycles. The lowest BCUT2D eigenvalue weighted by Crippen LogP contribution is -2.33. The summed E-state index contributed by atoms with van der Waals surface area (Å²) < 4.78 is 4.77. The van der Waals surface area contributed by atoms with Gasteiger partial charge in [0.1, 0.15) is 0 Å². The first-order valence-corrected chi connectivity index (χ1v) is 8.25. The zero-order valence-corrected chi connectivity index (χ0v) is 15.1. The van der Waals surface area contributed by atoms with Crippen LogP contribution in [0.15, 0.2) is 48.5 Å². The maximum atomic E-state index is 12.3. The van der Waals surface area contributed by atoms with Gasteiger partial charge in [-0.25, -0.2) is 4.79 Å². The number of nitrogens with zero attached hydrogens (tertiary/aromatic N) is 1. The van der Waals surface area contributed by atoms with E-state index in [1.807, 2.05) is 31.2 Å². The molecule has 2 aromatic rings. The number of amides is 2. The number of hydrogen-bond donors (Lipinski definition) is 1. The topological polar surface area (TPSA) is 75.7 Å². The van der Waals surface area contributed by atoms with E-state index in [2.05, 4.69) is 5.32 Å². The molecule has 2 aromatic carbocycles. The van der Waals surface area contributed by atoms with Gasteiger partial charge in [0.05, 0.1) is 18.4 Å². The smallest absolute Gasteiger partial charge is 0.339 e. The Morgan fingerprint density at radius 3 is 2.35 bits per heavy atom. The standard InChI is InChI=1S/C20H22N2O4/c1-14-8-4-6-10-17(14)21-19(24)12-13-22(15(2)23)18-11-7-5-9-16(18)20(25)26-3/h4-11H,12-13H2,1-3H3,(H,21,24). The van der Waals surface area contributed by atoms with Gasteiger partial charge in [-0.15, -0.1) is 0 Å². The van der Waals surface area contributed by atoms with Gasteiger partial charge in [-0.1, -0.05) is 30.3 Å². The minimum absolute atomic E-state index is 0.101. The summed E-state index contributed by atoms with van der Waals surface area (Å²) in [7, 11) is 1.28. The van der Waals surface area contributed by atoms with Crippen LogP contribution in [0.2, 0.25) is 0 Å². The molecule has 136 valence electrons. The van der Waals surface area contributed by atoms with Crippen molar-refractivity contribution in [3.05, 3.63) is 59.7 Å². The van der Waals surface area contributed by atoms with Crippen molar-refractivity contribution >= 4 is 29.2 Å². The van der Waals surface area contributed by atoms with Gasteiger partial charge in [0.15, 0.2) is 0 Å². The summed E-state index contributed by atoms with van der Waals surface area (Å²) >= 11 is 0. The van der Waals surface area contributed by atoms with Gasteiger partial charge in [-0.3, -0.25) is 9.59 Å². The van der Waals surface area contributed by atoms with E-state index in [4.69, 9.17) is 4.74 Å². The molecule has 0 unspecified atom stereocenters. The lowest BCUT2D eigenvalue weighted by atomic mass is 10.1. The molecule has 0 radical (unpaired) electrons. The third kappa shape index (κ3) is 4.69. The number of para-hydroxylation sites is 2. The number of rotatable bonds is 6. The van der Waals surface area contributed by atoms with Crippen molar-refractivity contribution in [3.63, 3.8) is 0 Å². The molecular weight excluding hydrogens is 332 g/mol. The molecule has 0 atom stereocenters. The van der Waals surface area contributed by atoms with E-state index in [1.54, 1.807) is 24.3 Å². The van der Waals surface area contributed by atoms with E-state index in [1.165, 1.54) is 18.9 Å². The maximum Gasteiger partial charge on any atom is 0.339 e. The first-order valence-electron chi connectivity index (χ1n) is 8.25.